The van der Waals surface area contributed by atoms with E-state index in [-0.39, 0.29) is 0 Å². The van der Waals surface area contributed by atoms with E-state index in [0.29, 0.717) is 29.2 Å². The number of amides is 1. The second-order valence-corrected chi connectivity index (χ2v) is 13.6. The normalized spacial score (nSPS) is 20.2. The molecular weight excluding hydrogens is 496 g/mol. The summed E-state index contributed by atoms with van der Waals surface area (Å²) in [6, 6.07) is 12.2. The molecule has 0 bridgehead atoms. The molecule has 2 unspecified atom stereocenters. The molecule has 0 spiro atoms. The average molecular weight is 537 g/mol. The highest BCUT2D eigenvalue weighted by Gasteiger charge is 2.51. The van der Waals surface area contributed by atoms with Crippen molar-refractivity contribution in [3.63, 3.8) is 0 Å². The van der Waals surface area contributed by atoms with Crippen LogP contribution in [-0.4, -0.2) is 31.3 Å². The number of ether oxygens (including phenoxy) is 1. The number of hydrogen-bond acceptors (Lipinski definition) is 4. The second kappa shape index (κ2) is 10.1. The highest BCUT2D eigenvalue weighted by Crippen LogP contribution is 2.60. The summed E-state index contributed by atoms with van der Waals surface area (Å²) >= 11 is 0. The summed E-state index contributed by atoms with van der Waals surface area (Å²) in [6.07, 6.45) is 4.40. The maximum atomic E-state index is 13.1. The number of carbonyl (C=O) groups excluding carboxylic acids is 1. The third kappa shape index (κ3) is 4.42. The van der Waals surface area contributed by atoms with Gasteiger partial charge >= 0.3 is 0 Å². The van der Waals surface area contributed by atoms with E-state index in [0.717, 1.165) is 43.5 Å². The number of fused-ring (bicyclic) bond motifs is 7. The van der Waals surface area contributed by atoms with Gasteiger partial charge in [-0.1, -0.05) is 39.7 Å². The molecule has 5 rings (SSSR count). The van der Waals surface area contributed by atoms with Gasteiger partial charge in [-0.05, 0) is 91.8 Å². The Morgan fingerprint density at radius 2 is 1.82 bits per heavy atom. The molecule has 2 aliphatic rings. The number of nitrogens with one attached hydrogen (secondary N) is 1. The molecule has 1 amide bonds. The van der Waals surface area contributed by atoms with Crippen molar-refractivity contribution in [2.24, 2.45) is 11.8 Å². The van der Waals surface area contributed by atoms with Crippen molar-refractivity contribution < 1.29 is 17.9 Å². The number of benzene rings is 2. The third-order valence-corrected chi connectivity index (χ3v) is 10.4. The van der Waals surface area contributed by atoms with Crippen LogP contribution >= 0.6 is 0 Å². The van der Waals surface area contributed by atoms with E-state index in [4.69, 9.17) is 4.74 Å². The molecule has 38 heavy (non-hydrogen) atoms. The molecule has 1 aromatic heterocycles. The third-order valence-electron chi connectivity index (χ3n) is 8.73. The average Bonchev–Trinajstić information content (AvgIpc) is 3.45. The number of sulfonamides is 1. The molecule has 2 aromatic carbocycles. The van der Waals surface area contributed by atoms with Crippen LogP contribution in [0.15, 0.2) is 36.4 Å². The minimum absolute atomic E-state index is 0.371. The molecule has 1 saturated carbocycles. The van der Waals surface area contributed by atoms with E-state index in [2.05, 4.69) is 48.3 Å². The Bertz CT molecular complexity index is 1480. The van der Waals surface area contributed by atoms with Crippen LogP contribution in [0.2, 0.25) is 0 Å². The smallest absolute Gasteiger partial charge is 0.264 e. The molecule has 1 aliphatic carbocycles. The summed E-state index contributed by atoms with van der Waals surface area (Å²) in [4.78, 5) is 13.1. The van der Waals surface area contributed by atoms with Crippen LogP contribution in [0, 0.1) is 11.8 Å². The van der Waals surface area contributed by atoms with Crippen LogP contribution in [0.4, 0.5) is 0 Å². The van der Waals surface area contributed by atoms with Crippen LogP contribution < -0.4 is 9.46 Å². The van der Waals surface area contributed by atoms with Crippen molar-refractivity contribution in [1.82, 2.24) is 9.29 Å². The second-order valence-electron chi connectivity index (χ2n) is 11.4. The molecule has 1 aliphatic heterocycles. The number of aromatic nitrogens is 1. The quantitative estimate of drug-likeness (QED) is 0.325. The van der Waals surface area contributed by atoms with Gasteiger partial charge in [-0.25, -0.2) is 13.1 Å². The van der Waals surface area contributed by atoms with Gasteiger partial charge in [0, 0.05) is 28.6 Å². The lowest BCUT2D eigenvalue weighted by molar-refractivity contribution is 0.0981. The fraction of sp³-hybridized carbons (Fsp3) is 0.516. The first kappa shape index (κ1) is 26.8. The van der Waals surface area contributed by atoms with Crippen LogP contribution in [0.25, 0.3) is 22.2 Å². The highest BCUT2D eigenvalue weighted by atomic mass is 32.2. The Kier molecular flexibility index (Phi) is 7.10. The minimum atomic E-state index is -3.72. The van der Waals surface area contributed by atoms with E-state index in [1.54, 1.807) is 27.0 Å². The van der Waals surface area contributed by atoms with E-state index < -0.39 is 21.2 Å². The molecule has 1 N–H and O–H groups in total. The van der Waals surface area contributed by atoms with Crippen LogP contribution in [0.1, 0.15) is 93.6 Å². The van der Waals surface area contributed by atoms with Crippen LogP contribution in [0.3, 0.4) is 0 Å². The Labute approximate surface area is 226 Å². The van der Waals surface area contributed by atoms with Gasteiger partial charge < -0.3 is 9.30 Å². The van der Waals surface area contributed by atoms with Crippen molar-refractivity contribution in [3.05, 3.63) is 53.1 Å². The molecule has 204 valence electrons. The fourth-order valence-electron chi connectivity index (χ4n) is 6.56. The zero-order valence-corrected chi connectivity index (χ0v) is 24.2. The number of rotatable bonds is 9. The molecule has 1 fully saturated rings. The summed E-state index contributed by atoms with van der Waals surface area (Å²) in [5, 5.41) is 0.487. The lowest BCUT2D eigenvalue weighted by Crippen LogP contribution is -2.35. The molecule has 3 aromatic rings. The lowest BCUT2D eigenvalue weighted by Gasteiger charge is -2.20. The van der Waals surface area contributed by atoms with Gasteiger partial charge in [0.1, 0.15) is 5.75 Å². The minimum Gasteiger partial charge on any atom is -0.497 e. The van der Waals surface area contributed by atoms with Crippen LogP contribution in [0.5, 0.6) is 5.75 Å². The first-order valence-corrected chi connectivity index (χ1v) is 15.6. The number of methoxy groups -OCH3 is 1. The van der Waals surface area contributed by atoms with Crippen molar-refractivity contribution in [3.8, 4) is 17.0 Å². The summed E-state index contributed by atoms with van der Waals surface area (Å²) in [5.74, 6) is 2.29. The van der Waals surface area contributed by atoms with Crippen molar-refractivity contribution >= 4 is 26.8 Å². The van der Waals surface area contributed by atoms with Gasteiger partial charge in [0.2, 0.25) is 10.0 Å². The number of nitrogens with zero attached hydrogens (tertiary/aromatic N) is 1. The van der Waals surface area contributed by atoms with Crippen molar-refractivity contribution in [1.29, 1.82) is 0 Å². The first-order chi connectivity index (χ1) is 18.1. The predicted molar refractivity (Wildman–Crippen MR) is 153 cm³/mol. The molecule has 6 nitrogen and oxygen atoms in total. The predicted octanol–water partition coefficient (Wildman–Crippen LogP) is 6.83. The first-order valence-electron chi connectivity index (χ1n) is 14.0. The molecular formula is C31H40N2O4S. The fourth-order valence-corrected chi connectivity index (χ4v) is 7.17. The van der Waals surface area contributed by atoms with E-state index in [1.165, 1.54) is 27.8 Å². The van der Waals surface area contributed by atoms with Gasteiger partial charge in [-0.3, -0.25) is 4.79 Å². The van der Waals surface area contributed by atoms with E-state index >= 15 is 0 Å². The zero-order valence-electron chi connectivity index (χ0n) is 23.4. The monoisotopic (exact) mass is 536 g/mol. The standard InChI is InChI=1S/C31H40N2O4S/c1-7-9-20(10-8-2)29-24-13-11-21(31(34)32-38(35,36)18(3)4)15-27(24)33-17-26-19(5)28(26)25-16-22(37-6)12-14-23(25)30(29)33/h11-16,18-20,26,28H,7-10,17H2,1-6H3,(H,32,34)/t19-,26?,28?/m1/s1. The maximum absolute atomic E-state index is 13.1. The van der Waals surface area contributed by atoms with Crippen molar-refractivity contribution in [2.45, 2.75) is 83.9 Å². The van der Waals surface area contributed by atoms with Gasteiger partial charge in [-0.2, -0.15) is 0 Å². The lowest BCUT2D eigenvalue weighted by atomic mass is 9.85. The highest BCUT2D eigenvalue weighted by molar-refractivity contribution is 7.90. The molecule has 7 heteroatoms. The van der Waals surface area contributed by atoms with Gasteiger partial charge in [0.15, 0.2) is 0 Å². The van der Waals surface area contributed by atoms with Gasteiger partial charge in [-0.15, -0.1) is 0 Å². The van der Waals surface area contributed by atoms with Gasteiger partial charge in [0.25, 0.3) is 5.91 Å². The zero-order chi connectivity index (χ0) is 27.4. The molecule has 0 saturated heterocycles. The number of hydrogen-bond donors (Lipinski definition) is 1. The summed E-state index contributed by atoms with van der Waals surface area (Å²) in [6.45, 7) is 10.8. The molecule has 2 heterocycles. The summed E-state index contributed by atoms with van der Waals surface area (Å²) in [5.41, 5.74) is 6.64. The number of carbonyl (C=O) groups is 1. The summed E-state index contributed by atoms with van der Waals surface area (Å²) < 4.78 is 35.2. The molecule has 0 radical (unpaired) electrons. The summed E-state index contributed by atoms with van der Waals surface area (Å²) in [7, 11) is -2.00. The van der Waals surface area contributed by atoms with Crippen molar-refractivity contribution in [2.75, 3.05) is 7.11 Å². The topological polar surface area (TPSA) is 77.4 Å². The molecule has 3 atom stereocenters. The Morgan fingerprint density at radius 1 is 1.11 bits per heavy atom. The Balaban J connectivity index is 1.75. The van der Waals surface area contributed by atoms with Crippen LogP contribution in [-0.2, 0) is 16.6 Å². The SMILES string of the molecule is CCCC(CCC)c1c2n(c3cc(C(=O)NS(=O)(=O)C(C)C)ccc13)CC1C(c3cc(OC)ccc3-2)[C@@H]1C. The Hall–Kier alpha value is -2.80. The Morgan fingerprint density at radius 3 is 2.45 bits per heavy atom. The van der Waals surface area contributed by atoms with Gasteiger partial charge in [0.05, 0.1) is 18.1 Å². The van der Waals surface area contributed by atoms with E-state index in [9.17, 15) is 13.2 Å². The largest absolute Gasteiger partial charge is 0.497 e. The maximum Gasteiger partial charge on any atom is 0.264 e. The van der Waals surface area contributed by atoms with E-state index in [1.807, 2.05) is 12.1 Å².